The summed E-state index contributed by atoms with van der Waals surface area (Å²) in [6.45, 7) is 3.84. The Morgan fingerprint density at radius 1 is 1.31 bits per heavy atom. The molecule has 1 rings (SSSR count). The van der Waals surface area contributed by atoms with Gasteiger partial charge in [-0.1, -0.05) is 12.1 Å². The van der Waals surface area contributed by atoms with Crippen LogP contribution < -0.4 is 11.5 Å². The molecular formula is C10H15FN2. The molecule has 13 heavy (non-hydrogen) atoms. The summed E-state index contributed by atoms with van der Waals surface area (Å²) in [7, 11) is 0. The van der Waals surface area contributed by atoms with E-state index in [1.54, 1.807) is 26.0 Å². The van der Waals surface area contributed by atoms with Crippen molar-refractivity contribution in [1.82, 2.24) is 0 Å². The minimum absolute atomic E-state index is 0.159. The van der Waals surface area contributed by atoms with Gasteiger partial charge in [-0.25, -0.2) is 4.39 Å². The van der Waals surface area contributed by atoms with Gasteiger partial charge in [0, 0.05) is 12.6 Å². The average Bonchev–Trinajstić information content (AvgIpc) is 2.12. The van der Waals surface area contributed by atoms with Gasteiger partial charge in [0.15, 0.2) is 0 Å². The minimum atomic E-state index is -0.196. The summed E-state index contributed by atoms with van der Waals surface area (Å²) in [5.41, 5.74) is 13.3. The fraction of sp³-hybridized carbons (Fsp3) is 0.400. The van der Waals surface area contributed by atoms with Gasteiger partial charge in [-0.05, 0) is 30.5 Å². The molecular weight excluding hydrogens is 167 g/mol. The smallest absolute Gasteiger partial charge is 0.129 e. The third-order valence-electron chi connectivity index (χ3n) is 2.14. The second-order valence-electron chi connectivity index (χ2n) is 3.31. The van der Waals surface area contributed by atoms with Crippen LogP contribution in [0.3, 0.4) is 0 Å². The lowest BCUT2D eigenvalue weighted by Crippen LogP contribution is -2.21. The zero-order valence-corrected chi connectivity index (χ0v) is 7.97. The van der Waals surface area contributed by atoms with Gasteiger partial charge in [0.25, 0.3) is 0 Å². The highest BCUT2D eigenvalue weighted by Gasteiger charge is 2.08. The first-order valence-corrected chi connectivity index (χ1v) is 4.28. The van der Waals surface area contributed by atoms with Gasteiger partial charge >= 0.3 is 0 Å². The molecule has 2 nitrogen and oxygen atoms in total. The molecule has 0 aliphatic heterocycles. The maximum atomic E-state index is 13.2. The number of benzene rings is 1. The lowest BCUT2D eigenvalue weighted by molar-refractivity contribution is 0.606. The number of halogens is 1. The van der Waals surface area contributed by atoms with Crippen molar-refractivity contribution in [2.24, 2.45) is 11.5 Å². The molecule has 0 saturated heterocycles. The van der Waals surface area contributed by atoms with E-state index in [2.05, 4.69) is 0 Å². The Kier molecular flexibility index (Phi) is 3.01. The average molecular weight is 182 g/mol. The number of aryl methyl sites for hydroxylation is 2. The second-order valence-corrected chi connectivity index (χ2v) is 3.31. The lowest BCUT2D eigenvalue weighted by Gasteiger charge is -2.11. The van der Waals surface area contributed by atoms with Crippen LogP contribution in [0, 0.1) is 19.7 Å². The van der Waals surface area contributed by atoms with Crippen molar-refractivity contribution in [3.05, 3.63) is 34.6 Å². The molecule has 0 aliphatic carbocycles. The molecule has 72 valence electrons. The van der Waals surface area contributed by atoms with Gasteiger partial charge in [0.1, 0.15) is 5.82 Å². The predicted octanol–water partition coefficient (Wildman–Crippen LogP) is 1.40. The van der Waals surface area contributed by atoms with E-state index >= 15 is 0 Å². The summed E-state index contributed by atoms with van der Waals surface area (Å²) in [6, 6.07) is 3.30. The first-order chi connectivity index (χ1) is 6.06. The third-order valence-corrected chi connectivity index (χ3v) is 2.14. The monoisotopic (exact) mass is 182 g/mol. The van der Waals surface area contributed by atoms with Crippen LogP contribution in [-0.2, 0) is 0 Å². The van der Waals surface area contributed by atoms with E-state index in [1.165, 1.54) is 0 Å². The van der Waals surface area contributed by atoms with Crippen LogP contribution in [0.25, 0.3) is 0 Å². The van der Waals surface area contributed by atoms with Gasteiger partial charge in [-0.15, -0.1) is 0 Å². The Balaban J connectivity index is 3.13. The van der Waals surface area contributed by atoms with Crippen LogP contribution in [0.5, 0.6) is 0 Å². The Morgan fingerprint density at radius 2 is 1.77 bits per heavy atom. The van der Waals surface area contributed by atoms with Crippen molar-refractivity contribution >= 4 is 0 Å². The van der Waals surface area contributed by atoms with Gasteiger partial charge < -0.3 is 11.5 Å². The molecule has 3 heteroatoms. The Hall–Kier alpha value is -0.930. The van der Waals surface area contributed by atoms with Crippen molar-refractivity contribution in [2.45, 2.75) is 19.9 Å². The second kappa shape index (κ2) is 3.85. The highest BCUT2D eigenvalue weighted by Crippen LogP contribution is 2.18. The van der Waals surface area contributed by atoms with E-state index in [0.29, 0.717) is 17.7 Å². The molecule has 0 unspecified atom stereocenters. The maximum Gasteiger partial charge on any atom is 0.129 e. The van der Waals surface area contributed by atoms with Gasteiger partial charge in [-0.2, -0.15) is 0 Å². The van der Waals surface area contributed by atoms with Gasteiger partial charge in [0.05, 0.1) is 0 Å². The zero-order valence-electron chi connectivity index (χ0n) is 7.97. The molecule has 4 N–H and O–H groups in total. The summed E-state index contributed by atoms with van der Waals surface area (Å²) in [5.74, 6) is -0.159. The topological polar surface area (TPSA) is 52.0 Å². The van der Waals surface area contributed by atoms with E-state index in [1.807, 2.05) is 0 Å². The van der Waals surface area contributed by atoms with Crippen LogP contribution in [0.15, 0.2) is 12.1 Å². The Morgan fingerprint density at radius 3 is 2.15 bits per heavy atom. The summed E-state index contributed by atoms with van der Waals surface area (Å²) in [5, 5.41) is 0. The Bertz CT molecular complexity index is 287. The van der Waals surface area contributed by atoms with Crippen molar-refractivity contribution in [1.29, 1.82) is 0 Å². The van der Waals surface area contributed by atoms with Crippen LogP contribution in [0.4, 0.5) is 4.39 Å². The lowest BCUT2D eigenvalue weighted by atomic mass is 10.0. The molecule has 0 aliphatic rings. The van der Waals surface area contributed by atoms with Crippen LogP contribution >= 0.6 is 0 Å². The molecule has 0 heterocycles. The molecule has 0 fully saturated rings. The largest absolute Gasteiger partial charge is 0.329 e. The molecule has 0 aromatic heterocycles. The van der Waals surface area contributed by atoms with Crippen molar-refractivity contribution < 1.29 is 4.39 Å². The molecule has 0 radical (unpaired) electrons. The quantitative estimate of drug-likeness (QED) is 0.726. The summed E-state index contributed by atoms with van der Waals surface area (Å²) in [6.07, 6.45) is 0. The van der Waals surface area contributed by atoms with Crippen molar-refractivity contribution in [3.8, 4) is 0 Å². The summed E-state index contributed by atoms with van der Waals surface area (Å²) < 4.78 is 13.2. The predicted molar refractivity (Wildman–Crippen MR) is 51.9 cm³/mol. The molecule has 0 bridgehead atoms. The SMILES string of the molecule is Cc1cc([C@H](N)CN)cc(C)c1F. The van der Waals surface area contributed by atoms with Crippen molar-refractivity contribution in [2.75, 3.05) is 6.54 Å². The van der Waals surface area contributed by atoms with Crippen LogP contribution in [-0.4, -0.2) is 6.54 Å². The minimum Gasteiger partial charge on any atom is -0.329 e. The molecule has 0 spiro atoms. The first-order valence-electron chi connectivity index (χ1n) is 4.28. The fourth-order valence-corrected chi connectivity index (χ4v) is 1.33. The molecule has 1 atom stereocenters. The standard InChI is InChI=1S/C10H15FN2/c1-6-3-8(9(13)5-12)4-7(2)10(6)11/h3-4,9H,5,12-13H2,1-2H3/t9-/m1/s1. The van der Waals surface area contributed by atoms with Crippen molar-refractivity contribution in [3.63, 3.8) is 0 Å². The number of hydrogen-bond acceptors (Lipinski definition) is 2. The summed E-state index contributed by atoms with van der Waals surface area (Å²) in [4.78, 5) is 0. The third kappa shape index (κ3) is 2.05. The van der Waals surface area contributed by atoms with E-state index in [-0.39, 0.29) is 11.9 Å². The number of hydrogen-bond donors (Lipinski definition) is 2. The Labute approximate surface area is 77.7 Å². The van der Waals surface area contributed by atoms with Gasteiger partial charge in [-0.3, -0.25) is 0 Å². The number of nitrogens with two attached hydrogens (primary N) is 2. The highest BCUT2D eigenvalue weighted by atomic mass is 19.1. The number of rotatable bonds is 2. The normalized spacial score (nSPS) is 13.0. The summed E-state index contributed by atoms with van der Waals surface area (Å²) >= 11 is 0. The van der Waals surface area contributed by atoms with E-state index in [0.717, 1.165) is 5.56 Å². The van der Waals surface area contributed by atoms with Crippen LogP contribution in [0.1, 0.15) is 22.7 Å². The fourth-order valence-electron chi connectivity index (χ4n) is 1.33. The molecule has 1 aromatic rings. The van der Waals surface area contributed by atoms with Crippen LogP contribution in [0.2, 0.25) is 0 Å². The van der Waals surface area contributed by atoms with E-state index in [4.69, 9.17) is 11.5 Å². The maximum absolute atomic E-state index is 13.2. The zero-order chi connectivity index (χ0) is 10.0. The molecule has 0 saturated carbocycles. The highest BCUT2D eigenvalue weighted by molar-refractivity contribution is 5.32. The van der Waals surface area contributed by atoms with Gasteiger partial charge in [0.2, 0.25) is 0 Å². The van der Waals surface area contributed by atoms with E-state index < -0.39 is 0 Å². The molecule has 1 aromatic carbocycles. The van der Waals surface area contributed by atoms with E-state index in [9.17, 15) is 4.39 Å². The molecule has 0 amide bonds. The first kappa shape index (κ1) is 10.2.